The molecule has 1 atom stereocenters. The second-order valence-corrected chi connectivity index (χ2v) is 7.19. The van der Waals surface area contributed by atoms with E-state index in [2.05, 4.69) is 0 Å². The molecular formula is C22H21ClN2O4. The number of ether oxygens (including phenoxy) is 2. The van der Waals surface area contributed by atoms with Gasteiger partial charge in [0, 0.05) is 23.7 Å². The highest BCUT2D eigenvalue weighted by molar-refractivity contribution is 6.30. The maximum absolute atomic E-state index is 12.6. The van der Waals surface area contributed by atoms with Crippen LogP contribution in [0.1, 0.15) is 28.8 Å². The standard InChI is InChI=1S/C22H21ClN2O4/c23-19-7-5-17(6-8-19)21(26)25-11-1-2-18(15-25)22(27)29-13-12-28-20-9-3-16(14-24)4-10-20/h3-10,18H,1-2,11-13,15H2. The number of amides is 1. The normalized spacial score (nSPS) is 16.0. The van der Waals surface area contributed by atoms with Crippen LogP contribution in [0.15, 0.2) is 48.5 Å². The Morgan fingerprint density at radius 3 is 2.52 bits per heavy atom. The minimum atomic E-state index is -0.338. The van der Waals surface area contributed by atoms with E-state index in [0.29, 0.717) is 41.4 Å². The first-order valence-corrected chi connectivity index (χ1v) is 9.79. The molecule has 1 amide bonds. The SMILES string of the molecule is N#Cc1ccc(OCCOC(=O)C2CCCN(C(=O)c3ccc(Cl)cc3)C2)cc1. The number of carbonyl (C=O) groups is 2. The van der Waals surface area contributed by atoms with Crippen LogP contribution in [0.4, 0.5) is 0 Å². The lowest BCUT2D eigenvalue weighted by Crippen LogP contribution is -2.43. The number of esters is 1. The van der Waals surface area contributed by atoms with Crippen molar-refractivity contribution in [3.8, 4) is 11.8 Å². The fraction of sp³-hybridized carbons (Fsp3) is 0.318. The number of nitrogens with zero attached hydrogens (tertiary/aromatic N) is 2. The van der Waals surface area contributed by atoms with Gasteiger partial charge in [0.2, 0.25) is 0 Å². The van der Waals surface area contributed by atoms with Gasteiger partial charge in [-0.05, 0) is 61.4 Å². The van der Waals surface area contributed by atoms with Crippen molar-refractivity contribution in [3.63, 3.8) is 0 Å². The van der Waals surface area contributed by atoms with Gasteiger partial charge in [-0.3, -0.25) is 9.59 Å². The van der Waals surface area contributed by atoms with E-state index in [0.717, 1.165) is 6.42 Å². The van der Waals surface area contributed by atoms with E-state index in [-0.39, 0.29) is 31.0 Å². The molecule has 1 heterocycles. The van der Waals surface area contributed by atoms with Crippen molar-refractivity contribution in [2.75, 3.05) is 26.3 Å². The summed E-state index contributed by atoms with van der Waals surface area (Å²) < 4.78 is 10.8. The van der Waals surface area contributed by atoms with Crippen LogP contribution in [0.5, 0.6) is 5.75 Å². The average Bonchev–Trinajstić information content (AvgIpc) is 2.77. The van der Waals surface area contributed by atoms with Gasteiger partial charge in [0.1, 0.15) is 19.0 Å². The second-order valence-electron chi connectivity index (χ2n) is 6.75. The summed E-state index contributed by atoms with van der Waals surface area (Å²) in [5.74, 6) is -0.155. The fourth-order valence-corrected chi connectivity index (χ4v) is 3.30. The molecule has 6 nitrogen and oxygen atoms in total. The molecule has 1 fully saturated rings. The number of benzene rings is 2. The molecule has 29 heavy (non-hydrogen) atoms. The van der Waals surface area contributed by atoms with Crippen molar-refractivity contribution in [2.45, 2.75) is 12.8 Å². The van der Waals surface area contributed by atoms with Crippen LogP contribution in [-0.2, 0) is 9.53 Å². The largest absolute Gasteiger partial charge is 0.490 e. The zero-order valence-corrected chi connectivity index (χ0v) is 16.6. The summed E-state index contributed by atoms with van der Waals surface area (Å²) in [5, 5.41) is 9.35. The highest BCUT2D eigenvalue weighted by atomic mass is 35.5. The summed E-state index contributed by atoms with van der Waals surface area (Å²) >= 11 is 5.87. The fourth-order valence-electron chi connectivity index (χ4n) is 3.17. The van der Waals surface area contributed by atoms with Crippen LogP contribution < -0.4 is 4.74 Å². The maximum Gasteiger partial charge on any atom is 0.310 e. The van der Waals surface area contributed by atoms with Crippen LogP contribution in [0, 0.1) is 17.2 Å². The minimum absolute atomic E-state index is 0.108. The topological polar surface area (TPSA) is 79.6 Å². The van der Waals surface area contributed by atoms with Gasteiger partial charge in [-0.15, -0.1) is 0 Å². The van der Waals surface area contributed by atoms with Crippen molar-refractivity contribution < 1.29 is 19.1 Å². The Morgan fingerprint density at radius 2 is 1.83 bits per heavy atom. The molecular weight excluding hydrogens is 392 g/mol. The van der Waals surface area contributed by atoms with Crippen LogP contribution in [0.3, 0.4) is 0 Å². The van der Waals surface area contributed by atoms with E-state index in [1.54, 1.807) is 53.4 Å². The maximum atomic E-state index is 12.6. The third-order valence-electron chi connectivity index (χ3n) is 4.71. The van der Waals surface area contributed by atoms with E-state index < -0.39 is 0 Å². The molecule has 0 radical (unpaired) electrons. The molecule has 0 aliphatic carbocycles. The predicted octanol–water partition coefficient (Wildman–Crippen LogP) is 3.69. The van der Waals surface area contributed by atoms with Crippen LogP contribution >= 0.6 is 11.6 Å². The summed E-state index contributed by atoms with van der Waals surface area (Å²) in [4.78, 5) is 26.7. The Kier molecular flexibility index (Phi) is 7.09. The molecule has 1 aliphatic rings. The summed E-state index contributed by atoms with van der Waals surface area (Å²) in [6, 6.07) is 15.5. The third-order valence-corrected chi connectivity index (χ3v) is 4.96. The van der Waals surface area contributed by atoms with Gasteiger partial charge < -0.3 is 14.4 Å². The molecule has 0 N–H and O–H groups in total. The van der Waals surface area contributed by atoms with Gasteiger partial charge in [0.15, 0.2) is 0 Å². The van der Waals surface area contributed by atoms with Gasteiger partial charge in [0.25, 0.3) is 5.91 Å². The number of hydrogen-bond acceptors (Lipinski definition) is 5. The molecule has 3 rings (SSSR count). The third kappa shape index (κ3) is 5.72. The van der Waals surface area contributed by atoms with Crippen molar-refractivity contribution in [3.05, 3.63) is 64.7 Å². The van der Waals surface area contributed by atoms with E-state index in [4.69, 9.17) is 26.3 Å². The summed E-state index contributed by atoms with van der Waals surface area (Å²) in [5.41, 5.74) is 1.11. The summed E-state index contributed by atoms with van der Waals surface area (Å²) in [6.07, 6.45) is 1.44. The Morgan fingerprint density at radius 1 is 1.10 bits per heavy atom. The number of rotatable bonds is 6. The zero-order chi connectivity index (χ0) is 20.6. The quantitative estimate of drug-likeness (QED) is 0.534. The van der Waals surface area contributed by atoms with Gasteiger partial charge in [-0.1, -0.05) is 11.6 Å². The Labute approximate surface area is 174 Å². The van der Waals surface area contributed by atoms with Crippen molar-refractivity contribution >= 4 is 23.5 Å². The Balaban J connectivity index is 1.44. The first-order chi connectivity index (χ1) is 14.1. The number of carbonyl (C=O) groups excluding carboxylic acids is 2. The number of nitriles is 1. The molecule has 1 unspecified atom stereocenters. The summed E-state index contributed by atoms with van der Waals surface area (Å²) in [6.45, 7) is 1.31. The monoisotopic (exact) mass is 412 g/mol. The second kappa shape index (κ2) is 9.94. The van der Waals surface area contributed by atoms with Gasteiger partial charge >= 0.3 is 5.97 Å². The number of halogens is 1. The first-order valence-electron chi connectivity index (χ1n) is 9.41. The molecule has 0 bridgehead atoms. The lowest BCUT2D eigenvalue weighted by molar-refractivity contribution is -0.150. The summed E-state index contributed by atoms with van der Waals surface area (Å²) in [7, 11) is 0. The lowest BCUT2D eigenvalue weighted by atomic mass is 9.97. The number of piperidine rings is 1. The van der Waals surface area contributed by atoms with Gasteiger partial charge in [-0.25, -0.2) is 0 Å². The van der Waals surface area contributed by atoms with Crippen LogP contribution in [0.2, 0.25) is 5.02 Å². The smallest absolute Gasteiger partial charge is 0.310 e. The number of hydrogen-bond donors (Lipinski definition) is 0. The van der Waals surface area contributed by atoms with E-state index in [1.807, 2.05) is 6.07 Å². The van der Waals surface area contributed by atoms with E-state index in [9.17, 15) is 9.59 Å². The highest BCUT2D eigenvalue weighted by Crippen LogP contribution is 2.21. The number of likely N-dealkylation sites (tertiary alicyclic amines) is 1. The van der Waals surface area contributed by atoms with Crippen LogP contribution in [-0.4, -0.2) is 43.1 Å². The molecule has 0 spiro atoms. The average molecular weight is 413 g/mol. The molecule has 0 aromatic heterocycles. The molecule has 1 saturated heterocycles. The first kappa shape index (κ1) is 20.7. The molecule has 7 heteroatoms. The zero-order valence-electron chi connectivity index (χ0n) is 15.8. The van der Waals surface area contributed by atoms with Crippen molar-refractivity contribution in [1.29, 1.82) is 5.26 Å². The molecule has 1 aliphatic heterocycles. The van der Waals surface area contributed by atoms with Gasteiger partial charge in [0.05, 0.1) is 17.6 Å². The van der Waals surface area contributed by atoms with Gasteiger partial charge in [-0.2, -0.15) is 5.26 Å². The van der Waals surface area contributed by atoms with Crippen molar-refractivity contribution in [2.24, 2.45) is 5.92 Å². The highest BCUT2D eigenvalue weighted by Gasteiger charge is 2.29. The van der Waals surface area contributed by atoms with Crippen molar-refractivity contribution in [1.82, 2.24) is 4.90 Å². The minimum Gasteiger partial charge on any atom is -0.490 e. The Hall–Kier alpha value is -3.04. The predicted molar refractivity (Wildman–Crippen MR) is 108 cm³/mol. The molecule has 0 saturated carbocycles. The Bertz CT molecular complexity index is 891. The molecule has 2 aromatic rings. The van der Waals surface area contributed by atoms with E-state index >= 15 is 0 Å². The molecule has 2 aromatic carbocycles. The van der Waals surface area contributed by atoms with Crippen LogP contribution in [0.25, 0.3) is 0 Å². The molecule has 150 valence electrons. The van der Waals surface area contributed by atoms with E-state index in [1.165, 1.54) is 0 Å². The lowest BCUT2D eigenvalue weighted by Gasteiger charge is -2.31.